The Bertz CT molecular complexity index is 1530. The van der Waals surface area contributed by atoms with Gasteiger partial charge in [0.15, 0.2) is 11.1 Å². The molecule has 34 heavy (non-hydrogen) atoms. The van der Waals surface area contributed by atoms with Crippen LogP contribution in [0.25, 0.3) is 22.3 Å². The van der Waals surface area contributed by atoms with E-state index in [0.717, 1.165) is 22.4 Å². The summed E-state index contributed by atoms with van der Waals surface area (Å²) < 4.78 is 14.0. The first-order chi connectivity index (χ1) is 16.4. The zero-order valence-corrected chi connectivity index (χ0v) is 19.7. The maximum Gasteiger partial charge on any atom is 0.196 e. The average molecular weight is 476 g/mol. The third kappa shape index (κ3) is 3.73. The van der Waals surface area contributed by atoms with Crippen molar-refractivity contribution in [3.8, 4) is 17.4 Å². The summed E-state index contributed by atoms with van der Waals surface area (Å²) in [6.45, 7) is 7.33. The number of hydrogen-bond acceptors (Lipinski definition) is 7. The van der Waals surface area contributed by atoms with Gasteiger partial charge in [-0.15, -0.1) is 0 Å². The molecule has 4 heterocycles. The number of anilines is 1. The van der Waals surface area contributed by atoms with Crippen LogP contribution < -0.4 is 10.7 Å². The zero-order chi connectivity index (χ0) is 24.0. The number of fused-ring (bicyclic) bond motifs is 2. The molecule has 0 bridgehead atoms. The van der Waals surface area contributed by atoms with Gasteiger partial charge in [0, 0.05) is 11.1 Å². The summed E-state index contributed by atoms with van der Waals surface area (Å²) in [6, 6.07) is 8.93. The van der Waals surface area contributed by atoms with Crippen LogP contribution in [0.15, 0.2) is 39.7 Å². The molecule has 4 aromatic rings. The van der Waals surface area contributed by atoms with Crippen molar-refractivity contribution in [1.82, 2.24) is 14.8 Å². The summed E-state index contributed by atoms with van der Waals surface area (Å²) in [5.41, 5.74) is 5.06. The number of hydrogen-bond donors (Lipinski definition) is 1. The molecule has 3 aromatic heterocycles. The van der Waals surface area contributed by atoms with Gasteiger partial charge in [-0.3, -0.25) is 9.48 Å². The van der Waals surface area contributed by atoms with Gasteiger partial charge in [0.05, 0.1) is 54.3 Å². The van der Waals surface area contributed by atoms with Crippen molar-refractivity contribution in [3.05, 3.63) is 73.9 Å². The Morgan fingerprint density at radius 3 is 2.91 bits per heavy atom. The van der Waals surface area contributed by atoms with Gasteiger partial charge < -0.3 is 14.5 Å². The lowest BCUT2D eigenvalue weighted by Gasteiger charge is -2.19. The van der Waals surface area contributed by atoms with Gasteiger partial charge >= 0.3 is 0 Å². The van der Waals surface area contributed by atoms with E-state index in [1.165, 1.54) is 0 Å². The molecule has 0 aliphatic carbocycles. The molecule has 1 aromatic carbocycles. The van der Waals surface area contributed by atoms with Gasteiger partial charge in [-0.05, 0) is 44.5 Å². The quantitative estimate of drug-likeness (QED) is 0.418. The smallest absolute Gasteiger partial charge is 0.196 e. The number of ether oxygens (including phenoxy) is 1. The Labute approximate surface area is 200 Å². The largest absolute Gasteiger partial charge is 0.455 e. The predicted molar refractivity (Wildman–Crippen MR) is 129 cm³/mol. The van der Waals surface area contributed by atoms with E-state index < -0.39 is 0 Å². The molecule has 172 valence electrons. The molecule has 0 saturated heterocycles. The minimum atomic E-state index is -0.291. The highest BCUT2D eigenvalue weighted by molar-refractivity contribution is 6.29. The van der Waals surface area contributed by atoms with E-state index in [1.54, 1.807) is 25.3 Å². The third-order valence-electron chi connectivity index (χ3n) is 6.08. The number of benzene rings is 1. The molecule has 0 fully saturated rings. The van der Waals surface area contributed by atoms with E-state index in [2.05, 4.69) is 21.5 Å². The Morgan fingerprint density at radius 1 is 1.29 bits per heavy atom. The first kappa shape index (κ1) is 22.1. The highest BCUT2D eigenvalue weighted by atomic mass is 35.5. The fraction of sp³-hybridized carbons (Fsp3) is 0.280. The molecule has 0 amide bonds. The van der Waals surface area contributed by atoms with Gasteiger partial charge in [0.25, 0.3) is 0 Å². The minimum absolute atomic E-state index is 0.0871. The van der Waals surface area contributed by atoms with Crippen LogP contribution in [0.5, 0.6) is 0 Å². The summed E-state index contributed by atoms with van der Waals surface area (Å²) in [4.78, 5) is 17.5. The molecule has 8 nitrogen and oxygen atoms in total. The highest BCUT2D eigenvalue weighted by Gasteiger charge is 2.24. The van der Waals surface area contributed by atoms with E-state index in [0.29, 0.717) is 47.7 Å². The monoisotopic (exact) mass is 475 g/mol. The summed E-state index contributed by atoms with van der Waals surface area (Å²) >= 11 is 5.94. The van der Waals surface area contributed by atoms with E-state index in [1.807, 2.05) is 30.7 Å². The van der Waals surface area contributed by atoms with Gasteiger partial charge in [0.1, 0.15) is 22.6 Å². The number of nitrogens with one attached hydrogen (secondary N) is 1. The summed E-state index contributed by atoms with van der Waals surface area (Å²) in [7, 11) is 0. The van der Waals surface area contributed by atoms with Gasteiger partial charge in [-0.1, -0.05) is 17.7 Å². The highest BCUT2D eigenvalue weighted by Crippen LogP contribution is 2.34. The summed E-state index contributed by atoms with van der Waals surface area (Å²) in [5.74, 6) is 0.493. The standard InChI is InChI=1S/C25H22ClN5O3/c1-13-8-16(15(3)29-19-4-5-22(26)30-20(19)10-27)25-17(9-13)23(32)14(2)24(34-25)18-11-28-31-6-7-33-12-21(18)31/h4-5,8-9,11,15,29H,6-7,12H2,1-3H3. The van der Waals surface area contributed by atoms with Crippen LogP contribution in [-0.2, 0) is 17.9 Å². The van der Waals surface area contributed by atoms with E-state index >= 15 is 0 Å². The molecule has 1 aliphatic rings. The molecule has 5 rings (SSSR count). The lowest BCUT2D eigenvalue weighted by atomic mass is 9.98. The fourth-order valence-corrected chi connectivity index (χ4v) is 4.51. The maximum atomic E-state index is 13.4. The second-order valence-electron chi connectivity index (χ2n) is 8.40. The van der Waals surface area contributed by atoms with Crippen LogP contribution in [0.4, 0.5) is 5.69 Å². The molecule has 1 unspecified atom stereocenters. The number of aryl methyl sites for hydroxylation is 1. The van der Waals surface area contributed by atoms with Crippen molar-refractivity contribution in [3.63, 3.8) is 0 Å². The maximum absolute atomic E-state index is 13.4. The van der Waals surface area contributed by atoms with Crippen molar-refractivity contribution in [2.24, 2.45) is 0 Å². The van der Waals surface area contributed by atoms with Crippen molar-refractivity contribution in [2.45, 2.75) is 40.0 Å². The number of nitriles is 1. The molecule has 1 N–H and O–H groups in total. The summed E-state index contributed by atoms with van der Waals surface area (Å²) in [6.07, 6.45) is 1.73. The van der Waals surface area contributed by atoms with E-state index in [-0.39, 0.29) is 22.3 Å². The van der Waals surface area contributed by atoms with Gasteiger partial charge in [-0.25, -0.2) is 4.98 Å². The van der Waals surface area contributed by atoms with E-state index in [9.17, 15) is 10.1 Å². The molecule has 1 atom stereocenters. The second-order valence-corrected chi connectivity index (χ2v) is 8.79. The Morgan fingerprint density at radius 2 is 2.12 bits per heavy atom. The van der Waals surface area contributed by atoms with Crippen LogP contribution in [0.2, 0.25) is 5.15 Å². The van der Waals surface area contributed by atoms with E-state index in [4.69, 9.17) is 20.8 Å². The van der Waals surface area contributed by atoms with Crippen molar-refractivity contribution < 1.29 is 9.15 Å². The molecule has 1 aliphatic heterocycles. The lowest BCUT2D eigenvalue weighted by Crippen LogP contribution is -2.18. The lowest BCUT2D eigenvalue weighted by molar-refractivity contribution is 0.0803. The molecule has 9 heteroatoms. The number of aromatic nitrogens is 3. The first-order valence-electron chi connectivity index (χ1n) is 10.9. The fourth-order valence-electron chi connectivity index (χ4n) is 4.36. The molecule has 0 radical (unpaired) electrons. The molecular weight excluding hydrogens is 454 g/mol. The predicted octanol–water partition coefficient (Wildman–Crippen LogP) is 4.90. The number of pyridine rings is 1. The van der Waals surface area contributed by atoms with Gasteiger partial charge in [-0.2, -0.15) is 10.4 Å². The van der Waals surface area contributed by atoms with Crippen LogP contribution in [0.1, 0.15) is 41.0 Å². The average Bonchev–Trinajstić information content (AvgIpc) is 3.26. The first-order valence-corrected chi connectivity index (χ1v) is 11.3. The third-order valence-corrected chi connectivity index (χ3v) is 6.29. The Kier molecular flexibility index (Phi) is 5.60. The number of nitrogens with zero attached hydrogens (tertiary/aromatic N) is 4. The van der Waals surface area contributed by atoms with Crippen LogP contribution >= 0.6 is 11.6 Å². The summed E-state index contributed by atoms with van der Waals surface area (Å²) in [5, 5.41) is 18.0. The van der Waals surface area contributed by atoms with Gasteiger partial charge in [0.2, 0.25) is 0 Å². The van der Waals surface area contributed by atoms with Crippen LogP contribution in [0, 0.1) is 25.2 Å². The topological polar surface area (TPSA) is 106 Å². The van der Waals surface area contributed by atoms with Crippen molar-refractivity contribution in [2.75, 3.05) is 11.9 Å². The second kappa shape index (κ2) is 8.60. The van der Waals surface area contributed by atoms with Crippen molar-refractivity contribution in [1.29, 1.82) is 5.26 Å². The Hall–Kier alpha value is -3.67. The van der Waals surface area contributed by atoms with Crippen molar-refractivity contribution >= 4 is 28.3 Å². The normalized spacial score (nSPS) is 14.0. The molecule has 0 saturated carbocycles. The van der Waals surface area contributed by atoms with Crippen LogP contribution in [0.3, 0.4) is 0 Å². The van der Waals surface area contributed by atoms with Crippen LogP contribution in [-0.4, -0.2) is 21.4 Å². The number of rotatable bonds is 4. The molecular formula is C25H22ClN5O3. The number of halogens is 1. The zero-order valence-electron chi connectivity index (χ0n) is 19.0. The minimum Gasteiger partial charge on any atom is -0.455 e. The Balaban J connectivity index is 1.67. The SMILES string of the molecule is Cc1cc(C(C)Nc2ccc(Cl)nc2C#N)c2oc(-c3cnn4c3COCC4)c(C)c(=O)c2c1. The molecule has 0 spiro atoms.